The van der Waals surface area contributed by atoms with Gasteiger partial charge in [0.15, 0.2) is 17.3 Å². The van der Waals surface area contributed by atoms with Gasteiger partial charge in [-0.25, -0.2) is 4.98 Å². The first-order chi connectivity index (χ1) is 11.4. The van der Waals surface area contributed by atoms with Crippen LogP contribution in [0.1, 0.15) is 6.92 Å². The number of benzene rings is 1. The number of nitrogens with zero attached hydrogens (tertiary/aromatic N) is 2. The summed E-state index contributed by atoms with van der Waals surface area (Å²) < 4.78 is 34.9. The van der Waals surface area contributed by atoms with Crippen molar-refractivity contribution in [2.24, 2.45) is 0 Å². The highest BCUT2D eigenvalue weighted by Gasteiger charge is 2.43. The van der Waals surface area contributed by atoms with Gasteiger partial charge >= 0.3 is 6.29 Å². The van der Waals surface area contributed by atoms with E-state index in [1.165, 1.54) is 30.6 Å². The van der Waals surface area contributed by atoms with Gasteiger partial charge in [0.1, 0.15) is 0 Å². The molecule has 6 nitrogen and oxygen atoms in total. The van der Waals surface area contributed by atoms with Crippen molar-refractivity contribution in [2.45, 2.75) is 13.2 Å². The van der Waals surface area contributed by atoms with Gasteiger partial charge in [-0.1, -0.05) is 17.7 Å². The molecule has 1 aliphatic heterocycles. The van der Waals surface area contributed by atoms with E-state index in [0.29, 0.717) is 11.3 Å². The fraction of sp³-hybridized carbons (Fsp3) is 0.133. The normalized spacial score (nSPS) is 14.8. The number of alkyl halides is 2. The lowest BCUT2D eigenvalue weighted by molar-refractivity contribution is -0.286. The summed E-state index contributed by atoms with van der Waals surface area (Å²) >= 11 is 6.07. The number of allylic oxidation sites excluding steroid dienone is 1. The Labute approximate surface area is 140 Å². The van der Waals surface area contributed by atoms with E-state index in [0.717, 1.165) is 0 Å². The molecule has 0 bridgehead atoms. The van der Waals surface area contributed by atoms with E-state index in [1.807, 2.05) is 0 Å². The van der Waals surface area contributed by atoms with Crippen molar-refractivity contribution >= 4 is 23.3 Å². The van der Waals surface area contributed by atoms with Crippen LogP contribution in [0.4, 0.5) is 14.6 Å². The number of aromatic nitrogens is 2. The molecule has 2 aromatic rings. The summed E-state index contributed by atoms with van der Waals surface area (Å²) in [5.74, 6) is -0.406. The Morgan fingerprint density at radius 2 is 1.96 bits per heavy atom. The van der Waals surface area contributed by atoms with Gasteiger partial charge in [-0.3, -0.25) is 9.78 Å². The lowest BCUT2D eigenvalue weighted by atomic mass is 10.1. The molecule has 24 heavy (non-hydrogen) atoms. The molecule has 9 heteroatoms. The van der Waals surface area contributed by atoms with Crippen LogP contribution in [-0.4, -0.2) is 22.2 Å². The SMILES string of the molecule is CC=CC(=O)Nc1cnc(-c2cc3c(cc2Cl)OC(F)(F)O3)cn1. The van der Waals surface area contributed by atoms with Crippen LogP contribution in [0.25, 0.3) is 11.3 Å². The van der Waals surface area contributed by atoms with Gasteiger partial charge in [0, 0.05) is 11.6 Å². The van der Waals surface area contributed by atoms with Crippen molar-refractivity contribution in [3.8, 4) is 22.8 Å². The highest BCUT2D eigenvalue weighted by Crippen LogP contribution is 2.45. The number of carbonyl (C=O) groups is 1. The minimum absolute atomic E-state index is 0.147. The van der Waals surface area contributed by atoms with Crippen LogP contribution in [0, 0.1) is 0 Å². The highest BCUT2D eigenvalue weighted by atomic mass is 35.5. The molecule has 0 saturated heterocycles. The quantitative estimate of drug-likeness (QED) is 0.853. The Morgan fingerprint density at radius 1 is 1.25 bits per heavy atom. The zero-order chi connectivity index (χ0) is 17.3. The predicted octanol–water partition coefficient (Wildman–Crippen LogP) is 3.63. The van der Waals surface area contributed by atoms with E-state index in [-0.39, 0.29) is 28.2 Å². The number of amides is 1. The summed E-state index contributed by atoms with van der Waals surface area (Å²) in [6.45, 7) is 1.71. The van der Waals surface area contributed by atoms with Crippen LogP contribution in [0.5, 0.6) is 11.5 Å². The maximum absolute atomic E-state index is 13.1. The number of nitrogens with one attached hydrogen (secondary N) is 1. The highest BCUT2D eigenvalue weighted by molar-refractivity contribution is 6.33. The van der Waals surface area contributed by atoms with Crippen molar-refractivity contribution < 1.29 is 23.0 Å². The number of ether oxygens (including phenoxy) is 2. The van der Waals surface area contributed by atoms with Crippen molar-refractivity contribution in [3.05, 3.63) is 41.7 Å². The van der Waals surface area contributed by atoms with Gasteiger partial charge in [-0.05, 0) is 19.1 Å². The molecule has 1 amide bonds. The third kappa shape index (κ3) is 3.28. The van der Waals surface area contributed by atoms with E-state index in [1.54, 1.807) is 13.0 Å². The predicted molar refractivity (Wildman–Crippen MR) is 82.1 cm³/mol. The average molecular weight is 354 g/mol. The second-order valence-electron chi connectivity index (χ2n) is 4.72. The summed E-state index contributed by atoms with van der Waals surface area (Å²) in [6.07, 6.45) is 1.87. The van der Waals surface area contributed by atoms with Gasteiger partial charge in [-0.15, -0.1) is 8.78 Å². The molecular formula is C15H10ClF2N3O3. The van der Waals surface area contributed by atoms with Crippen molar-refractivity contribution in [1.82, 2.24) is 9.97 Å². The van der Waals surface area contributed by atoms with E-state index >= 15 is 0 Å². The van der Waals surface area contributed by atoms with Crippen LogP contribution < -0.4 is 14.8 Å². The lowest BCUT2D eigenvalue weighted by Gasteiger charge is -2.06. The van der Waals surface area contributed by atoms with Crippen LogP contribution in [0.2, 0.25) is 5.02 Å². The molecule has 0 radical (unpaired) electrons. The third-order valence-electron chi connectivity index (χ3n) is 2.99. The Morgan fingerprint density at radius 3 is 2.58 bits per heavy atom. The molecule has 2 heterocycles. The van der Waals surface area contributed by atoms with Crippen LogP contribution in [-0.2, 0) is 4.79 Å². The largest absolute Gasteiger partial charge is 0.586 e. The smallest absolute Gasteiger partial charge is 0.395 e. The first-order valence-corrected chi connectivity index (χ1v) is 7.11. The van der Waals surface area contributed by atoms with Crippen LogP contribution in [0.15, 0.2) is 36.7 Å². The summed E-state index contributed by atoms with van der Waals surface area (Å²) in [5, 5.41) is 2.66. The van der Waals surface area contributed by atoms with Gasteiger partial charge < -0.3 is 14.8 Å². The standard InChI is InChI=1S/C15H10ClF2N3O3/c1-2-3-14(22)21-13-7-19-10(6-20-13)8-4-11-12(5-9(8)16)24-15(17,18)23-11/h2-7H,1H3,(H,20,21,22). The molecule has 0 unspecified atom stereocenters. The van der Waals surface area contributed by atoms with Gasteiger partial charge in [0.2, 0.25) is 5.91 Å². The van der Waals surface area contributed by atoms with Gasteiger partial charge in [-0.2, -0.15) is 0 Å². The monoisotopic (exact) mass is 353 g/mol. The summed E-state index contributed by atoms with van der Waals surface area (Å²) in [6, 6.07) is 2.51. The first kappa shape index (κ1) is 16.1. The minimum atomic E-state index is -3.73. The number of hydrogen-bond acceptors (Lipinski definition) is 5. The fourth-order valence-electron chi connectivity index (χ4n) is 2.02. The van der Waals surface area contributed by atoms with Gasteiger partial charge in [0.05, 0.1) is 23.1 Å². The summed E-state index contributed by atoms with van der Waals surface area (Å²) in [7, 11) is 0. The van der Waals surface area contributed by atoms with E-state index in [4.69, 9.17) is 11.6 Å². The average Bonchev–Trinajstić information content (AvgIpc) is 2.80. The van der Waals surface area contributed by atoms with E-state index in [9.17, 15) is 13.6 Å². The molecule has 0 atom stereocenters. The second kappa shape index (κ2) is 6.04. The second-order valence-corrected chi connectivity index (χ2v) is 5.13. The molecule has 0 spiro atoms. The van der Waals surface area contributed by atoms with Crippen molar-refractivity contribution in [2.75, 3.05) is 5.32 Å². The number of carbonyl (C=O) groups excluding carboxylic acids is 1. The first-order valence-electron chi connectivity index (χ1n) is 6.73. The lowest BCUT2D eigenvalue weighted by Crippen LogP contribution is -2.25. The molecule has 3 rings (SSSR count). The Balaban J connectivity index is 1.87. The molecule has 1 aliphatic rings. The molecule has 0 fully saturated rings. The van der Waals surface area contributed by atoms with E-state index < -0.39 is 6.29 Å². The van der Waals surface area contributed by atoms with Crippen LogP contribution in [0.3, 0.4) is 0 Å². The summed E-state index contributed by atoms with van der Waals surface area (Å²) in [5.41, 5.74) is 0.668. The zero-order valence-corrected chi connectivity index (χ0v) is 13.0. The Hall–Kier alpha value is -2.74. The Bertz CT molecular complexity index is 825. The van der Waals surface area contributed by atoms with E-state index in [2.05, 4.69) is 24.8 Å². The minimum Gasteiger partial charge on any atom is -0.395 e. The third-order valence-corrected chi connectivity index (χ3v) is 3.30. The maximum atomic E-state index is 13.1. The maximum Gasteiger partial charge on any atom is 0.586 e. The summed E-state index contributed by atoms with van der Waals surface area (Å²) in [4.78, 5) is 19.6. The molecule has 1 N–H and O–H groups in total. The molecule has 124 valence electrons. The van der Waals surface area contributed by atoms with Crippen molar-refractivity contribution in [1.29, 1.82) is 0 Å². The topological polar surface area (TPSA) is 73.3 Å². The number of hydrogen-bond donors (Lipinski definition) is 1. The van der Waals surface area contributed by atoms with Crippen LogP contribution >= 0.6 is 11.6 Å². The number of halogens is 3. The van der Waals surface area contributed by atoms with Crippen molar-refractivity contribution in [3.63, 3.8) is 0 Å². The number of fused-ring (bicyclic) bond motifs is 1. The Kier molecular flexibility index (Phi) is 4.06. The molecule has 0 aliphatic carbocycles. The molecule has 1 aromatic carbocycles. The molecule has 0 saturated carbocycles. The fourth-order valence-corrected chi connectivity index (χ4v) is 2.27. The van der Waals surface area contributed by atoms with Gasteiger partial charge in [0.25, 0.3) is 0 Å². The zero-order valence-electron chi connectivity index (χ0n) is 12.2. The number of rotatable bonds is 3. The number of anilines is 1. The molecule has 1 aromatic heterocycles. The molecular weight excluding hydrogens is 344 g/mol.